The molecule has 2 aromatic carbocycles. The molecule has 0 spiro atoms. The van der Waals surface area contributed by atoms with E-state index < -0.39 is 12.1 Å². The Morgan fingerprint density at radius 3 is 2.33 bits per heavy atom. The van der Waals surface area contributed by atoms with Gasteiger partial charge in [0.1, 0.15) is 0 Å². The van der Waals surface area contributed by atoms with E-state index in [9.17, 15) is 13.2 Å². The molecule has 1 N–H and O–H groups in total. The molecule has 0 atom stereocenters. The first-order valence-electron chi connectivity index (χ1n) is 12.2. The monoisotopic (exact) mass is 561 g/mol. The van der Waals surface area contributed by atoms with Crippen molar-refractivity contribution in [2.45, 2.75) is 33.5 Å². The van der Waals surface area contributed by atoms with Gasteiger partial charge in [-0.1, -0.05) is 53.2 Å². The number of rotatable bonds is 4. The highest BCUT2D eigenvalue weighted by atomic mass is 35.5. The summed E-state index contributed by atoms with van der Waals surface area (Å²) in [5, 5.41) is 13.2. The van der Waals surface area contributed by atoms with Gasteiger partial charge in [-0.05, 0) is 38.0 Å². The highest BCUT2D eigenvalue weighted by Gasteiger charge is 2.38. The van der Waals surface area contributed by atoms with Crippen LogP contribution >= 0.6 is 11.6 Å². The van der Waals surface area contributed by atoms with E-state index in [4.69, 9.17) is 31.0 Å². The number of hydrogen-bond acceptors (Lipinski definition) is 7. The topological polar surface area (TPSA) is 95.6 Å². The number of aromatic nitrogens is 3. The van der Waals surface area contributed by atoms with Crippen molar-refractivity contribution >= 4 is 34.2 Å². The van der Waals surface area contributed by atoms with E-state index in [1.54, 1.807) is 0 Å². The molecule has 0 unspecified atom stereocenters. The fourth-order valence-corrected chi connectivity index (χ4v) is 4.52. The van der Waals surface area contributed by atoms with Gasteiger partial charge in [-0.25, -0.2) is 4.79 Å². The number of benzene rings is 2. The number of aliphatic carboxylic acids is 1. The Morgan fingerprint density at radius 2 is 1.69 bits per heavy atom. The second-order valence-corrected chi connectivity index (χ2v) is 9.65. The minimum absolute atomic E-state index is 0.655. The van der Waals surface area contributed by atoms with Crippen molar-refractivity contribution in [1.82, 2.24) is 20.0 Å². The number of fused-ring (bicyclic) bond motifs is 1. The zero-order chi connectivity index (χ0) is 28.3. The van der Waals surface area contributed by atoms with Gasteiger partial charge in [0.25, 0.3) is 0 Å². The first-order valence-corrected chi connectivity index (χ1v) is 12.5. The third kappa shape index (κ3) is 6.66. The molecular formula is C27H27ClF3N5O3. The molecule has 1 fully saturated rings. The van der Waals surface area contributed by atoms with E-state index in [1.807, 2.05) is 32.0 Å². The Hall–Kier alpha value is -3.70. The lowest BCUT2D eigenvalue weighted by Gasteiger charge is -2.36. The lowest BCUT2D eigenvalue weighted by molar-refractivity contribution is -0.192. The Bertz CT molecular complexity index is 1480. The van der Waals surface area contributed by atoms with Crippen molar-refractivity contribution in [3.63, 3.8) is 0 Å². The van der Waals surface area contributed by atoms with Crippen molar-refractivity contribution in [2.24, 2.45) is 0 Å². The smallest absolute Gasteiger partial charge is 0.475 e. The van der Waals surface area contributed by atoms with Crippen LogP contribution < -0.4 is 4.90 Å². The van der Waals surface area contributed by atoms with Crippen molar-refractivity contribution in [3.05, 3.63) is 70.2 Å². The molecule has 206 valence electrons. The number of pyridine rings is 1. The highest BCUT2D eigenvalue weighted by molar-refractivity contribution is 6.36. The number of nitrogens with zero attached hydrogens (tertiary/aromatic N) is 5. The third-order valence-electron chi connectivity index (χ3n) is 6.39. The number of alkyl halides is 3. The van der Waals surface area contributed by atoms with Gasteiger partial charge in [0.2, 0.25) is 11.7 Å². The predicted octanol–water partition coefficient (Wildman–Crippen LogP) is 5.82. The van der Waals surface area contributed by atoms with Gasteiger partial charge in [-0.2, -0.15) is 18.2 Å². The summed E-state index contributed by atoms with van der Waals surface area (Å²) < 4.78 is 37.3. The summed E-state index contributed by atoms with van der Waals surface area (Å²) >= 11 is 6.57. The molecule has 2 aromatic heterocycles. The zero-order valence-corrected chi connectivity index (χ0v) is 22.3. The second-order valence-electron chi connectivity index (χ2n) is 9.27. The van der Waals surface area contributed by atoms with Gasteiger partial charge in [0.15, 0.2) is 0 Å². The molecule has 8 nitrogen and oxygen atoms in total. The Labute approximate surface area is 228 Å². The molecule has 1 aliphatic rings. The number of anilines is 1. The molecule has 0 bridgehead atoms. The Kier molecular flexibility index (Phi) is 8.41. The molecule has 0 saturated carbocycles. The maximum Gasteiger partial charge on any atom is 0.490 e. The van der Waals surface area contributed by atoms with Crippen LogP contribution in [0, 0.1) is 20.8 Å². The summed E-state index contributed by atoms with van der Waals surface area (Å²) in [6.45, 7) is 10.4. The Morgan fingerprint density at radius 1 is 1.03 bits per heavy atom. The largest absolute Gasteiger partial charge is 0.490 e. The van der Waals surface area contributed by atoms with Crippen LogP contribution in [-0.4, -0.2) is 63.5 Å². The molecule has 0 amide bonds. The van der Waals surface area contributed by atoms with Crippen molar-refractivity contribution in [2.75, 3.05) is 31.1 Å². The summed E-state index contributed by atoms with van der Waals surface area (Å²) in [6, 6.07) is 14.5. The van der Waals surface area contributed by atoms with Crippen LogP contribution in [0.1, 0.15) is 22.7 Å². The van der Waals surface area contributed by atoms with E-state index in [1.165, 1.54) is 5.69 Å². The second kappa shape index (κ2) is 11.6. The van der Waals surface area contributed by atoms with E-state index in [0.717, 1.165) is 64.5 Å². The minimum Gasteiger partial charge on any atom is -0.475 e. The normalized spacial score (nSPS) is 14.3. The lowest BCUT2D eigenvalue weighted by atomic mass is 10.1. The lowest BCUT2D eigenvalue weighted by Crippen LogP contribution is -2.46. The molecule has 1 aliphatic heterocycles. The van der Waals surface area contributed by atoms with Gasteiger partial charge in [0.05, 0.1) is 17.1 Å². The van der Waals surface area contributed by atoms with Crippen molar-refractivity contribution < 1.29 is 27.6 Å². The first-order chi connectivity index (χ1) is 18.4. The molecule has 5 rings (SSSR count). The van der Waals surface area contributed by atoms with Crippen LogP contribution in [0.2, 0.25) is 5.02 Å². The van der Waals surface area contributed by atoms with Crippen LogP contribution in [0.5, 0.6) is 0 Å². The predicted molar refractivity (Wildman–Crippen MR) is 142 cm³/mol. The van der Waals surface area contributed by atoms with Crippen LogP contribution in [0.15, 0.2) is 47.0 Å². The van der Waals surface area contributed by atoms with Gasteiger partial charge < -0.3 is 14.5 Å². The number of carboxylic acid groups (broad SMARTS) is 1. The SMILES string of the molecule is Cc1cc(N2CCN(Cc3nc(-c4ccccc4C)no3)CC2)c2ccc(C)c(Cl)c2n1.O=C(O)C(F)(F)F. The van der Waals surface area contributed by atoms with Gasteiger partial charge >= 0.3 is 12.1 Å². The molecule has 4 aromatic rings. The van der Waals surface area contributed by atoms with Crippen molar-refractivity contribution in [1.29, 1.82) is 0 Å². The average molecular weight is 562 g/mol. The maximum atomic E-state index is 10.6. The highest BCUT2D eigenvalue weighted by Crippen LogP contribution is 2.33. The molecule has 0 aliphatic carbocycles. The fraction of sp³-hybridized carbons (Fsp3) is 0.333. The summed E-state index contributed by atoms with van der Waals surface area (Å²) in [6.07, 6.45) is -5.08. The summed E-state index contributed by atoms with van der Waals surface area (Å²) in [7, 11) is 0. The van der Waals surface area contributed by atoms with Crippen LogP contribution in [-0.2, 0) is 11.3 Å². The number of halogens is 4. The van der Waals surface area contributed by atoms with E-state index in [2.05, 4.69) is 51.1 Å². The van der Waals surface area contributed by atoms with Crippen LogP contribution in [0.25, 0.3) is 22.3 Å². The quantitative estimate of drug-likeness (QED) is 0.333. The number of carboxylic acids is 1. The van der Waals surface area contributed by atoms with Gasteiger partial charge in [0, 0.05) is 48.5 Å². The van der Waals surface area contributed by atoms with Crippen LogP contribution in [0.4, 0.5) is 18.9 Å². The number of aryl methyl sites for hydroxylation is 3. The van der Waals surface area contributed by atoms with E-state index in [-0.39, 0.29) is 0 Å². The molecule has 0 radical (unpaired) electrons. The minimum atomic E-state index is -5.08. The molecule has 1 saturated heterocycles. The molecular weight excluding hydrogens is 535 g/mol. The van der Waals surface area contributed by atoms with E-state index in [0.29, 0.717) is 18.3 Å². The summed E-state index contributed by atoms with van der Waals surface area (Å²) in [5.41, 5.74) is 6.28. The van der Waals surface area contributed by atoms with Crippen molar-refractivity contribution in [3.8, 4) is 11.4 Å². The summed E-state index contributed by atoms with van der Waals surface area (Å²) in [5.74, 6) is -1.45. The maximum absolute atomic E-state index is 10.6. The Balaban J connectivity index is 0.000000448. The molecule has 3 heterocycles. The van der Waals surface area contributed by atoms with Crippen LogP contribution in [0.3, 0.4) is 0 Å². The van der Waals surface area contributed by atoms with E-state index >= 15 is 0 Å². The zero-order valence-electron chi connectivity index (χ0n) is 21.6. The number of hydrogen-bond donors (Lipinski definition) is 1. The third-order valence-corrected chi connectivity index (χ3v) is 6.86. The summed E-state index contributed by atoms with van der Waals surface area (Å²) in [4.78, 5) is 23.0. The molecule has 39 heavy (non-hydrogen) atoms. The first kappa shape index (κ1) is 28.3. The van der Waals surface area contributed by atoms with Gasteiger partial charge in [-0.15, -0.1) is 0 Å². The average Bonchev–Trinajstić information content (AvgIpc) is 3.35. The number of piperazine rings is 1. The number of carbonyl (C=O) groups is 1. The molecule has 12 heteroatoms. The standard InChI is InChI=1S/C25H26ClN5O.C2HF3O2/c1-16-6-4-5-7-19(16)25-28-22(32-29-25)15-30-10-12-31(13-11-30)21-14-18(3)27-24-20(21)9-8-17(2)23(24)26;3-2(4,5)1(6)7/h4-9,14H,10-13,15H2,1-3H3;(H,6,7). The fourth-order valence-electron chi connectivity index (χ4n) is 4.32. The van der Waals surface area contributed by atoms with Gasteiger partial charge in [-0.3, -0.25) is 9.88 Å².